The van der Waals surface area contributed by atoms with Crippen LogP contribution in [-0.2, 0) is 15.9 Å². The molecule has 3 atom stereocenters. The lowest BCUT2D eigenvalue weighted by Gasteiger charge is -2.51. The molecular formula is C23H28N2O2. The molecule has 2 fully saturated rings. The van der Waals surface area contributed by atoms with Crippen LogP contribution in [-0.4, -0.2) is 27.8 Å². The van der Waals surface area contributed by atoms with Gasteiger partial charge in [0.2, 0.25) is 0 Å². The Morgan fingerprint density at radius 1 is 1.11 bits per heavy atom. The standard InChI is InChI=1S/C23H28N2O2/c1-15-7-9-20(10-8-15)25-21-12-19-6-5-11-23(26-16(2)17(3)27-23)22(19,4)13-18(21)14-24-25/h7-10,12,14,16-17H,5-6,11,13H2,1-4H3/t16-,17-,22-/m0/s1. The minimum absolute atomic E-state index is 0.127. The first-order valence-corrected chi connectivity index (χ1v) is 10.1. The Morgan fingerprint density at radius 2 is 1.81 bits per heavy atom. The molecule has 0 radical (unpaired) electrons. The van der Waals surface area contributed by atoms with Gasteiger partial charge >= 0.3 is 0 Å². The van der Waals surface area contributed by atoms with Gasteiger partial charge in [-0.05, 0) is 63.8 Å². The Hall–Kier alpha value is -1.91. The van der Waals surface area contributed by atoms with Crippen LogP contribution in [0.4, 0.5) is 0 Å². The zero-order valence-electron chi connectivity index (χ0n) is 16.7. The number of aryl methyl sites for hydroxylation is 1. The highest BCUT2D eigenvalue weighted by Gasteiger charge is 2.60. The van der Waals surface area contributed by atoms with E-state index in [2.05, 4.69) is 62.7 Å². The van der Waals surface area contributed by atoms with Crippen molar-refractivity contribution < 1.29 is 9.47 Å². The van der Waals surface area contributed by atoms with E-state index < -0.39 is 5.79 Å². The molecule has 1 aliphatic heterocycles. The summed E-state index contributed by atoms with van der Waals surface area (Å²) in [7, 11) is 0. The fourth-order valence-corrected chi connectivity index (χ4v) is 5.11. The van der Waals surface area contributed by atoms with E-state index in [9.17, 15) is 0 Å². The largest absolute Gasteiger partial charge is 0.343 e. The SMILES string of the molecule is Cc1ccc(-n2ncc3c2C=C2CCCC4(O[C@@H](C)[C@H](C)O4)[C@@]2(C)C3)cc1. The average Bonchev–Trinajstić information content (AvgIpc) is 3.16. The molecular weight excluding hydrogens is 336 g/mol. The van der Waals surface area contributed by atoms with Gasteiger partial charge in [0.25, 0.3) is 0 Å². The first kappa shape index (κ1) is 17.2. The zero-order chi connectivity index (χ0) is 18.8. The molecule has 0 unspecified atom stereocenters. The van der Waals surface area contributed by atoms with Gasteiger partial charge in [-0.1, -0.05) is 30.2 Å². The number of rotatable bonds is 1. The van der Waals surface area contributed by atoms with Gasteiger partial charge in [-0.25, -0.2) is 4.68 Å². The molecule has 142 valence electrons. The van der Waals surface area contributed by atoms with Gasteiger partial charge in [-0.2, -0.15) is 5.10 Å². The minimum atomic E-state index is -0.500. The van der Waals surface area contributed by atoms with Crippen molar-refractivity contribution in [2.75, 3.05) is 0 Å². The third kappa shape index (κ3) is 2.39. The molecule has 1 saturated carbocycles. The molecule has 3 aliphatic rings. The molecule has 2 heterocycles. The van der Waals surface area contributed by atoms with Crippen molar-refractivity contribution in [3.63, 3.8) is 0 Å². The van der Waals surface area contributed by atoms with Gasteiger partial charge in [0.15, 0.2) is 5.79 Å². The second-order valence-corrected chi connectivity index (χ2v) is 8.73. The van der Waals surface area contributed by atoms with Gasteiger partial charge in [0, 0.05) is 11.8 Å². The van der Waals surface area contributed by atoms with Crippen LogP contribution in [0.3, 0.4) is 0 Å². The molecule has 4 nitrogen and oxygen atoms in total. The van der Waals surface area contributed by atoms with Gasteiger partial charge < -0.3 is 9.47 Å². The van der Waals surface area contributed by atoms with E-state index in [1.165, 1.54) is 22.4 Å². The highest BCUT2D eigenvalue weighted by atomic mass is 16.8. The van der Waals surface area contributed by atoms with Crippen molar-refractivity contribution in [1.29, 1.82) is 0 Å². The van der Waals surface area contributed by atoms with Gasteiger partial charge in [0.1, 0.15) is 0 Å². The number of benzene rings is 1. The third-order valence-electron chi connectivity index (χ3n) is 6.93. The summed E-state index contributed by atoms with van der Waals surface area (Å²) in [6.45, 7) is 8.70. The lowest BCUT2D eigenvalue weighted by atomic mass is 9.62. The highest BCUT2D eigenvalue weighted by Crippen LogP contribution is 2.58. The van der Waals surface area contributed by atoms with Crippen LogP contribution in [0.1, 0.15) is 56.9 Å². The van der Waals surface area contributed by atoms with Gasteiger partial charge in [0.05, 0.1) is 29.8 Å². The van der Waals surface area contributed by atoms with E-state index in [-0.39, 0.29) is 17.6 Å². The van der Waals surface area contributed by atoms with Gasteiger partial charge in [-0.3, -0.25) is 0 Å². The lowest BCUT2D eigenvalue weighted by Crippen LogP contribution is -2.53. The normalized spacial score (nSPS) is 31.5. The van der Waals surface area contributed by atoms with E-state index >= 15 is 0 Å². The molecule has 1 spiro atoms. The Bertz CT molecular complexity index is 901. The van der Waals surface area contributed by atoms with Crippen LogP contribution >= 0.6 is 0 Å². The Kier molecular flexibility index (Phi) is 3.69. The van der Waals surface area contributed by atoms with Crippen molar-refractivity contribution in [3.8, 4) is 5.69 Å². The van der Waals surface area contributed by atoms with E-state index in [0.29, 0.717) is 0 Å². The summed E-state index contributed by atoms with van der Waals surface area (Å²) < 4.78 is 15.1. The average molecular weight is 364 g/mol. The number of aromatic nitrogens is 2. The van der Waals surface area contributed by atoms with Gasteiger partial charge in [-0.15, -0.1) is 0 Å². The molecule has 2 aromatic rings. The number of hydrogen-bond acceptors (Lipinski definition) is 3. The maximum absolute atomic E-state index is 6.50. The quantitative estimate of drug-likeness (QED) is 0.727. The van der Waals surface area contributed by atoms with E-state index in [0.717, 1.165) is 31.4 Å². The summed E-state index contributed by atoms with van der Waals surface area (Å²) >= 11 is 0. The van der Waals surface area contributed by atoms with Crippen molar-refractivity contribution in [2.45, 2.75) is 71.4 Å². The Balaban J connectivity index is 1.58. The molecule has 0 N–H and O–H groups in total. The highest BCUT2D eigenvalue weighted by molar-refractivity contribution is 5.62. The first-order chi connectivity index (χ1) is 12.9. The zero-order valence-corrected chi connectivity index (χ0v) is 16.7. The van der Waals surface area contributed by atoms with Crippen LogP contribution in [0.5, 0.6) is 0 Å². The van der Waals surface area contributed by atoms with Crippen LogP contribution in [0.2, 0.25) is 0 Å². The molecule has 5 rings (SSSR count). The van der Waals surface area contributed by atoms with Crippen LogP contribution in [0.25, 0.3) is 11.8 Å². The summed E-state index contributed by atoms with van der Waals surface area (Å²) in [5, 5.41) is 4.72. The Labute approximate surface area is 161 Å². The van der Waals surface area contributed by atoms with Crippen molar-refractivity contribution >= 4 is 6.08 Å². The summed E-state index contributed by atoms with van der Waals surface area (Å²) in [5.41, 5.74) is 6.18. The van der Waals surface area contributed by atoms with E-state index in [1.54, 1.807) is 0 Å². The monoisotopic (exact) mass is 364 g/mol. The van der Waals surface area contributed by atoms with Crippen molar-refractivity contribution in [1.82, 2.24) is 9.78 Å². The van der Waals surface area contributed by atoms with Crippen molar-refractivity contribution in [3.05, 3.63) is 52.9 Å². The third-order valence-corrected chi connectivity index (χ3v) is 6.93. The summed E-state index contributed by atoms with van der Waals surface area (Å²) in [6.07, 6.45) is 8.75. The predicted octanol–water partition coefficient (Wildman–Crippen LogP) is 4.83. The summed E-state index contributed by atoms with van der Waals surface area (Å²) in [6, 6.07) is 8.57. The first-order valence-electron chi connectivity index (χ1n) is 10.1. The van der Waals surface area contributed by atoms with Crippen LogP contribution in [0.15, 0.2) is 36.0 Å². The molecule has 4 heteroatoms. The number of nitrogens with zero attached hydrogens (tertiary/aromatic N) is 2. The second-order valence-electron chi connectivity index (χ2n) is 8.73. The Morgan fingerprint density at radius 3 is 2.52 bits per heavy atom. The van der Waals surface area contributed by atoms with Crippen LogP contribution < -0.4 is 0 Å². The predicted molar refractivity (Wildman–Crippen MR) is 106 cm³/mol. The minimum Gasteiger partial charge on any atom is -0.343 e. The molecule has 1 aromatic heterocycles. The second kappa shape index (κ2) is 5.79. The van der Waals surface area contributed by atoms with E-state index in [4.69, 9.17) is 14.6 Å². The maximum Gasteiger partial charge on any atom is 0.178 e. The summed E-state index contributed by atoms with van der Waals surface area (Å²) in [5.74, 6) is -0.500. The summed E-state index contributed by atoms with van der Waals surface area (Å²) in [4.78, 5) is 0. The maximum atomic E-state index is 6.50. The van der Waals surface area contributed by atoms with Crippen molar-refractivity contribution in [2.24, 2.45) is 5.41 Å². The fraction of sp³-hybridized carbons (Fsp3) is 0.522. The topological polar surface area (TPSA) is 36.3 Å². The molecule has 1 saturated heterocycles. The number of hydrogen-bond donors (Lipinski definition) is 0. The molecule has 27 heavy (non-hydrogen) atoms. The molecule has 0 amide bonds. The number of fused-ring (bicyclic) bond motifs is 3. The van der Waals surface area contributed by atoms with Crippen LogP contribution in [0, 0.1) is 12.3 Å². The molecule has 2 aliphatic carbocycles. The molecule has 1 aromatic carbocycles. The smallest absolute Gasteiger partial charge is 0.178 e. The van der Waals surface area contributed by atoms with E-state index in [1.807, 2.05) is 6.20 Å². The fourth-order valence-electron chi connectivity index (χ4n) is 5.11. The molecule has 0 bridgehead atoms. The lowest BCUT2D eigenvalue weighted by molar-refractivity contribution is -0.246. The number of ether oxygens (including phenoxy) is 2.